The highest BCUT2D eigenvalue weighted by atomic mass is 19.4. The SMILES string of the molecule is CCN(CC(F)(F)F)C(=O)[C@H]1CCCN([C@H](C)CC#N)C1. The number of amides is 1. The number of hydrogen-bond donors (Lipinski definition) is 0. The number of alkyl halides is 3. The fourth-order valence-corrected chi connectivity index (χ4v) is 2.69. The van der Waals surface area contributed by atoms with Crippen LogP contribution in [-0.2, 0) is 4.79 Å². The van der Waals surface area contributed by atoms with E-state index >= 15 is 0 Å². The standard InChI is InChI=1S/C14H22F3N3O/c1-3-19(10-14(15,16)17)13(21)12-5-4-8-20(9-12)11(2)6-7-18/h11-12H,3-6,8-10H2,1-2H3/t11-,12+/m1/s1. The van der Waals surface area contributed by atoms with Gasteiger partial charge in [0, 0.05) is 19.1 Å². The Kier molecular flexibility index (Phi) is 6.46. The van der Waals surface area contributed by atoms with Gasteiger partial charge in [-0.25, -0.2) is 0 Å². The van der Waals surface area contributed by atoms with Crippen molar-refractivity contribution in [1.29, 1.82) is 5.26 Å². The number of carbonyl (C=O) groups excluding carboxylic acids is 1. The predicted molar refractivity (Wildman–Crippen MR) is 72.3 cm³/mol. The molecule has 0 aromatic rings. The van der Waals surface area contributed by atoms with Gasteiger partial charge in [-0.15, -0.1) is 0 Å². The van der Waals surface area contributed by atoms with Crippen LogP contribution in [0, 0.1) is 17.2 Å². The summed E-state index contributed by atoms with van der Waals surface area (Å²) in [5, 5.41) is 8.72. The minimum atomic E-state index is -4.37. The topological polar surface area (TPSA) is 47.3 Å². The molecule has 0 N–H and O–H groups in total. The van der Waals surface area contributed by atoms with Crippen molar-refractivity contribution in [3.8, 4) is 6.07 Å². The molecule has 0 unspecified atom stereocenters. The third kappa shape index (κ3) is 5.54. The molecule has 0 spiro atoms. The lowest BCUT2D eigenvalue weighted by molar-refractivity contribution is -0.164. The van der Waals surface area contributed by atoms with Crippen molar-refractivity contribution in [1.82, 2.24) is 9.80 Å². The van der Waals surface area contributed by atoms with Crippen LogP contribution >= 0.6 is 0 Å². The molecular formula is C14H22F3N3O. The molecule has 21 heavy (non-hydrogen) atoms. The summed E-state index contributed by atoms with van der Waals surface area (Å²) >= 11 is 0. The van der Waals surface area contributed by atoms with Crippen molar-refractivity contribution in [3.05, 3.63) is 0 Å². The lowest BCUT2D eigenvalue weighted by Gasteiger charge is -2.37. The highest BCUT2D eigenvalue weighted by Gasteiger charge is 2.36. The largest absolute Gasteiger partial charge is 0.406 e. The van der Waals surface area contributed by atoms with Crippen LogP contribution in [0.15, 0.2) is 0 Å². The summed E-state index contributed by atoms with van der Waals surface area (Å²) < 4.78 is 37.5. The molecule has 1 aliphatic heterocycles. The molecule has 1 rings (SSSR count). The zero-order chi connectivity index (χ0) is 16.0. The smallest absolute Gasteiger partial charge is 0.334 e. The maximum absolute atomic E-state index is 12.5. The van der Waals surface area contributed by atoms with Crippen molar-refractivity contribution in [2.45, 2.75) is 45.3 Å². The third-order valence-corrected chi connectivity index (χ3v) is 3.88. The lowest BCUT2D eigenvalue weighted by Crippen LogP contribution is -2.49. The second kappa shape index (κ2) is 7.64. The first kappa shape index (κ1) is 17.8. The Bertz CT molecular complexity index is 392. The molecule has 7 heteroatoms. The highest BCUT2D eigenvalue weighted by Crippen LogP contribution is 2.23. The molecule has 0 radical (unpaired) electrons. The maximum Gasteiger partial charge on any atom is 0.406 e. The molecule has 0 bridgehead atoms. The Hall–Kier alpha value is -1.29. The van der Waals surface area contributed by atoms with E-state index in [1.807, 2.05) is 11.8 Å². The van der Waals surface area contributed by atoms with Gasteiger partial charge in [0.05, 0.1) is 18.4 Å². The van der Waals surface area contributed by atoms with E-state index in [0.29, 0.717) is 19.4 Å². The van der Waals surface area contributed by atoms with Gasteiger partial charge in [-0.05, 0) is 33.2 Å². The molecule has 1 heterocycles. The van der Waals surface area contributed by atoms with Crippen LogP contribution in [0.3, 0.4) is 0 Å². The minimum Gasteiger partial charge on any atom is -0.334 e. The molecule has 1 fully saturated rings. The van der Waals surface area contributed by atoms with Gasteiger partial charge in [0.25, 0.3) is 0 Å². The zero-order valence-corrected chi connectivity index (χ0v) is 12.5. The second-order valence-electron chi connectivity index (χ2n) is 5.51. The molecular weight excluding hydrogens is 283 g/mol. The summed E-state index contributed by atoms with van der Waals surface area (Å²) in [4.78, 5) is 15.2. The number of halogens is 3. The first-order valence-corrected chi connectivity index (χ1v) is 7.25. The molecule has 1 amide bonds. The second-order valence-corrected chi connectivity index (χ2v) is 5.51. The Balaban J connectivity index is 2.66. The van der Waals surface area contributed by atoms with Gasteiger partial charge in [0.15, 0.2) is 0 Å². The fraction of sp³-hybridized carbons (Fsp3) is 0.857. The van der Waals surface area contributed by atoms with Crippen molar-refractivity contribution < 1.29 is 18.0 Å². The van der Waals surface area contributed by atoms with Crippen LogP contribution < -0.4 is 0 Å². The van der Waals surface area contributed by atoms with Gasteiger partial charge in [0.1, 0.15) is 6.54 Å². The van der Waals surface area contributed by atoms with Gasteiger partial charge in [-0.1, -0.05) is 0 Å². The van der Waals surface area contributed by atoms with Crippen LogP contribution in [0.5, 0.6) is 0 Å². The quantitative estimate of drug-likeness (QED) is 0.783. The van der Waals surface area contributed by atoms with E-state index in [-0.39, 0.29) is 12.6 Å². The predicted octanol–water partition coefficient (Wildman–Crippen LogP) is 2.41. The van der Waals surface area contributed by atoms with Crippen molar-refractivity contribution in [2.75, 3.05) is 26.2 Å². The Labute approximate surface area is 123 Å². The summed E-state index contributed by atoms with van der Waals surface area (Å²) in [5.41, 5.74) is 0. The van der Waals surface area contributed by atoms with E-state index in [4.69, 9.17) is 5.26 Å². The molecule has 1 saturated heterocycles. The summed E-state index contributed by atoms with van der Waals surface area (Å²) in [7, 11) is 0. The van der Waals surface area contributed by atoms with E-state index in [1.54, 1.807) is 6.92 Å². The number of piperidine rings is 1. The Morgan fingerprint density at radius 1 is 1.52 bits per heavy atom. The van der Waals surface area contributed by atoms with Gasteiger partial charge in [-0.2, -0.15) is 18.4 Å². The summed E-state index contributed by atoms with van der Waals surface area (Å²) in [5.74, 6) is -0.828. The average molecular weight is 305 g/mol. The summed E-state index contributed by atoms with van der Waals surface area (Å²) in [6, 6.07) is 2.12. The van der Waals surface area contributed by atoms with Crippen LogP contribution in [0.4, 0.5) is 13.2 Å². The first-order valence-electron chi connectivity index (χ1n) is 7.25. The normalized spacial score (nSPS) is 21.6. The van der Waals surface area contributed by atoms with E-state index in [1.165, 1.54) is 0 Å². The Morgan fingerprint density at radius 3 is 2.71 bits per heavy atom. The van der Waals surface area contributed by atoms with E-state index in [0.717, 1.165) is 17.9 Å². The molecule has 4 nitrogen and oxygen atoms in total. The molecule has 0 saturated carbocycles. The van der Waals surface area contributed by atoms with Crippen LogP contribution in [0.25, 0.3) is 0 Å². The van der Waals surface area contributed by atoms with Crippen LogP contribution in [0.1, 0.15) is 33.1 Å². The van der Waals surface area contributed by atoms with Gasteiger partial charge >= 0.3 is 6.18 Å². The number of rotatable bonds is 5. The number of carbonyl (C=O) groups is 1. The zero-order valence-electron chi connectivity index (χ0n) is 12.5. The van der Waals surface area contributed by atoms with Crippen LogP contribution in [0.2, 0.25) is 0 Å². The van der Waals surface area contributed by atoms with Crippen molar-refractivity contribution in [2.24, 2.45) is 5.92 Å². The molecule has 0 aliphatic carbocycles. The van der Waals surface area contributed by atoms with E-state index < -0.39 is 24.5 Å². The summed E-state index contributed by atoms with van der Waals surface area (Å²) in [6.45, 7) is 3.56. The van der Waals surface area contributed by atoms with Crippen molar-refractivity contribution in [3.63, 3.8) is 0 Å². The van der Waals surface area contributed by atoms with Gasteiger partial charge in [-0.3, -0.25) is 9.69 Å². The first-order chi connectivity index (χ1) is 9.78. The molecule has 1 aliphatic rings. The number of hydrogen-bond acceptors (Lipinski definition) is 3. The minimum absolute atomic E-state index is 0.0308. The van der Waals surface area contributed by atoms with E-state index in [2.05, 4.69) is 6.07 Å². The number of nitrogens with zero attached hydrogens (tertiary/aromatic N) is 3. The lowest BCUT2D eigenvalue weighted by atomic mass is 9.95. The maximum atomic E-state index is 12.5. The van der Waals surface area contributed by atoms with E-state index in [9.17, 15) is 18.0 Å². The molecule has 120 valence electrons. The monoisotopic (exact) mass is 305 g/mol. The van der Waals surface area contributed by atoms with Gasteiger partial charge < -0.3 is 4.90 Å². The van der Waals surface area contributed by atoms with Gasteiger partial charge in [0.2, 0.25) is 5.91 Å². The van der Waals surface area contributed by atoms with Crippen LogP contribution in [-0.4, -0.2) is 54.1 Å². The highest BCUT2D eigenvalue weighted by molar-refractivity contribution is 5.79. The summed E-state index contributed by atoms with van der Waals surface area (Å²) in [6.07, 6.45) is -2.62. The molecule has 0 aromatic carbocycles. The molecule has 0 aromatic heterocycles. The number of nitriles is 1. The van der Waals surface area contributed by atoms with Crippen molar-refractivity contribution >= 4 is 5.91 Å². The third-order valence-electron chi connectivity index (χ3n) is 3.88. The number of likely N-dealkylation sites (tertiary alicyclic amines) is 1. The fourth-order valence-electron chi connectivity index (χ4n) is 2.69. The Morgan fingerprint density at radius 2 is 2.19 bits per heavy atom. The average Bonchev–Trinajstić information content (AvgIpc) is 2.43. The molecule has 2 atom stereocenters.